The fraction of sp³-hybridized carbons (Fsp3) is 0.938. The highest BCUT2D eigenvalue weighted by molar-refractivity contribution is 5.69. The first kappa shape index (κ1) is 20.2. The molecule has 21 heavy (non-hydrogen) atoms. The minimum atomic E-state index is -0.487. The summed E-state index contributed by atoms with van der Waals surface area (Å²) in [6.45, 7) is 15.6. The number of aliphatic hydroxyl groups excluding tert-OH is 1. The van der Waals surface area contributed by atoms with Gasteiger partial charge in [-0.15, -0.1) is 0 Å². The molecule has 0 radical (unpaired) electrons. The van der Waals surface area contributed by atoms with Crippen LogP contribution in [0.2, 0.25) is 0 Å². The number of carbonyl (C=O) groups is 1. The Balaban J connectivity index is 4.31. The second-order valence-corrected chi connectivity index (χ2v) is 7.40. The van der Waals surface area contributed by atoms with Gasteiger partial charge in [0.2, 0.25) is 0 Å². The Labute approximate surface area is 130 Å². The van der Waals surface area contributed by atoms with Crippen molar-refractivity contribution in [1.82, 2.24) is 10.2 Å². The van der Waals surface area contributed by atoms with Crippen molar-refractivity contribution < 1.29 is 14.6 Å². The zero-order chi connectivity index (χ0) is 16.7. The first-order valence-electron chi connectivity index (χ1n) is 7.86. The van der Waals surface area contributed by atoms with E-state index in [0.29, 0.717) is 13.1 Å². The molecule has 0 fully saturated rings. The predicted molar refractivity (Wildman–Crippen MR) is 86.5 cm³/mol. The number of amides is 1. The molecule has 1 unspecified atom stereocenters. The van der Waals surface area contributed by atoms with Crippen molar-refractivity contribution in [3.8, 4) is 0 Å². The number of hydrogen-bond acceptors (Lipinski definition) is 4. The minimum Gasteiger partial charge on any atom is -0.444 e. The number of nitrogens with zero attached hydrogens (tertiary/aromatic N) is 1. The predicted octanol–water partition coefficient (Wildman–Crippen LogP) is 2.77. The van der Waals surface area contributed by atoms with E-state index in [2.05, 4.69) is 5.32 Å². The Bertz CT molecular complexity index is 306. The van der Waals surface area contributed by atoms with Gasteiger partial charge >= 0.3 is 6.09 Å². The van der Waals surface area contributed by atoms with Gasteiger partial charge in [0.05, 0.1) is 6.10 Å². The normalized spacial score (nSPS) is 13.9. The van der Waals surface area contributed by atoms with Crippen LogP contribution in [0, 0.1) is 0 Å². The van der Waals surface area contributed by atoms with Gasteiger partial charge < -0.3 is 20.1 Å². The van der Waals surface area contributed by atoms with Gasteiger partial charge in [0.25, 0.3) is 0 Å². The molecule has 0 aliphatic carbocycles. The molecule has 0 aliphatic heterocycles. The van der Waals surface area contributed by atoms with E-state index in [1.54, 1.807) is 4.90 Å². The summed E-state index contributed by atoms with van der Waals surface area (Å²) in [6, 6.07) is 0. The molecule has 0 spiro atoms. The number of rotatable bonds is 7. The average Bonchev–Trinajstić information content (AvgIpc) is 2.28. The molecule has 0 heterocycles. The van der Waals surface area contributed by atoms with Crippen molar-refractivity contribution in [3.05, 3.63) is 0 Å². The summed E-state index contributed by atoms with van der Waals surface area (Å²) >= 11 is 0. The van der Waals surface area contributed by atoms with Gasteiger partial charge in [-0.05, 0) is 60.9 Å². The molecule has 0 bridgehead atoms. The van der Waals surface area contributed by atoms with Crippen LogP contribution in [-0.4, -0.2) is 53.0 Å². The van der Waals surface area contributed by atoms with Crippen molar-refractivity contribution in [2.75, 3.05) is 19.6 Å². The lowest BCUT2D eigenvalue weighted by atomic mass is 10.1. The van der Waals surface area contributed by atoms with Gasteiger partial charge in [-0.2, -0.15) is 0 Å². The van der Waals surface area contributed by atoms with Gasteiger partial charge in [0.1, 0.15) is 5.60 Å². The summed E-state index contributed by atoms with van der Waals surface area (Å²) in [5.41, 5.74) is -0.772. The smallest absolute Gasteiger partial charge is 0.410 e. The van der Waals surface area contributed by atoms with Crippen LogP contribution < -0.4 is 5.32 Å². The topological polar surface area (TPSA) is 61.8 Å². The Morgan fingerprint density at radius 3 is 2.19 bits per heavy atom. The molecular weight excluding hydrogens is 268 g/mol. The largest absolute Gasteiger partial charge is 0.444 e. The number of ether oxygens (including phenoxy) is 1. The Kier molecular flexibility index (Phi) is 8.26. The van der Waals surface area contributed by atoms with E-state index in [4.69, 9.17) is 4.74 Å². The van der Waals surface area contributed by atoms with Crippen LogP contribution in [-0.2, 0) is 4.74 Å². The van der Waals surface area contributed by atoms with Crippen LogP contribution in [0.4, 0.5) is 4.79 Å². The van der Waals surface area contributed by atoms with E-state index in [1.165, 1.54) is 0 Å². The van der Waals surface area contributed by atoms with E-state index in [-0.39, 0.29) is 17.7 Å². The zero-order valence-corrected chi connectivity index (χ0v) is 14.8. The van der Waals surface area contributed by atoms with Gasteiger partial charge in [0.15, 0.2) is 0 Å². The maximum absolute atomic E-state index is 12.3. The molecule has 2 N–H and O–H groups in total. The molecule has 0 aromatic carbocycles. The van der Waals surface area contributed by atoms with Crippen molar-refractivity contribution in [2.45, 2.75) is 78.6 Å². The van der Waals surface area contributed by atoms with E-state index in [1.807, 2.05) is 48.5 Å². The quantitative estimate of drug-likeness (QED) is 0.710. The SMILES string of the molecule is CCC(O)CCNCCN(C(=O)OC(C)(C)C)C(C)(C)C. The van der Waals surface area contributed by atoms with Crippen LogP contribution in [0.5, 0.6) is 0 Å². The summed E-state index contributed by atoms with van der Waals surface area (Å²) in [7, 11) is 0. The van der Waals surface area contributed by atoms with Gasteiger partial charge in [-0.3, -0.25) is 0 Å². The standard InChI is InChI=1S/C16H34N2O3/c1-8-13(19)9-10-17-11-12-18(15(2,3)4)14(20)21-16(5,6)7/h13,17,19H,8-12H2,1-7H3. The first-order valence-corrected chi connectivity index (χ1v) is 7.86. The lowest BCUT2D eigenvalue weighted by molar-refractivity contribution is 0.00658. The second kappa shape index (κ2) is 8.59. The molecule has 1 atom stereocenters. The van der Waals surface area contributed by atoms with Crippen LogP contribution in [0.3, 0.4) is 0 Å². The van der Waals surface area contributed by atoms with Gasteiger partial charge in [-0.1, -0.05) is 6.92 Å². The monoisotopic (exact) mass is 302 g/mol. The highest BCUT2D eigenvalue weighted by atomic mass is 16.6. The summed E-state index contributed by atoms with van der Waals surface area (Å²) in [6.07, 6.45) is 0.971. The molecule has 126 valence electrons. The fourth-order valence-corrected chi connectivity index (χ4v) is 1.81. The Hall–Kier alpha value is -0.810. The lowest BCUT2D eigenvalue weighted by Gasteiger charge is -2.37. The Morgan fingerprint density at radius 2 is 1.76 bits per heavy atom. The lowest BCUT2D eigenvalue weighted by Crippen LogP contribution is -2.50. The molecule has 0 saturated carbocycles. The summed E-state index contributed by atoms with van der Waals surface area (Å²) in [4.78, 5) is 14.0. The zero-order valence-electron chi connectivity index (χ0n) is 14.8. The van der Waals surface area contributed by atoms with Crippen molar-refractivity contribution >= 4 is 6.09 Å². The number of aliphatic hydroxyl groups is 1. The van der Waals surface area contributed by atoms with E-state index < -0.39 is 5.60 Å². The van der Waals surface area contributed by atoms with E-state index in [0.717, 1.165) is 19.4 Å². The molecule has 0 aliphatic rings. The van der Waals surface area contributed by atoms with Crippen molar-refractivity contribution in [2.24, 2.45) is 0 Å². The van der Waals surface area contributed by atoms with Crippen molar-refractivity contribution in [3.63, 3.8) is 0 Å². The third-order valence-electron chi connectivity index (χ3n) is 3.06. The Morgan fingerprint density at radius 1 is 1.19 bits per heavy atom. The summed E-state index contributed by atoms with van der Waals surface area (Å²) in [5, 5.41) is 12.7. The summed E-state index contributed by atoms with van der Waals surface area (Å²) < 4.78 is 5.46. The van der Waals surface area contributed by atoms with Crippen molar-refractivity contribution in [1.29, 1.82) is 0 Å². The van der Waals surface area contributed by atoms with E-state index >= 15 is 0 Å². The summed E-state index contributed by atoms with van der Waals surface area (Å²) in [5.74, 6) is 0. The molecule has 0 saturated heterocycles. The average molecular weight is 302 g/mol. The second-order valence-electron chi connectivity index (χ2n) is 7.40. The third kappa shape index (κ3) is 9.69. The van der Waals surface area contributed by atoms with Crippen LogP contribution in [0.25, 0.3) is 0 Å². The van der Waals surface area contributed by atoms with Crippen LogP contribution in [0.15, 0.2) is 0 Å². The minimum absolute atomic E-state index is 0.248. The van der Waals surface area contributed by atoms with Gasteiger partial charge in [0, 0.05) is 18.6 Å². The first-order chi connectivity index (χ1) is 9.47. The fourth-order valence-electron chi connectivity index (χ4n) is 1.81. The number of hydrogen-bond donors (Lipinski definition) is 2. The molecule has 0 rings (SSSR count). The highest BCUT2D eigenvalue weighted by Crippen LogP contribution is 2.17. The van der Waals surface area contributed by atoms with Crippen LogP contribution >= 0.6 is 0 Å². The molecule has 5 heteroatoms. The number of nitrogens with one attached hydrogen (secondary N) is 1. The molecular formula is C16H34N2O3. The highest BCUT2D eigenvalue weighted by Gasteiger charge is 2.30. The van der Waals surface area contributed by atoms with Crippen LogP contribution in [0.1, 0.15) is 61.3 Å². The van der Waals surface area contributed by atoms with E-state index in [9.17, 15) is 9.90 Å². The molecule has 0 aromatic heterocycles. The maximum atomic E-state index is 12.3. The molecule has 5 nitrogen and oxygen atoms in total. The van der Waals surface area contributed by atoms with Gasteiger partial charge in [-0.25, -0.2) is 4.79 Å². The molecule has 1 amide bonds. The number of carbonyl (C=O) groups excluding carboxylic acids is 1. The molecule has 0 aromatic rings. The maximum Gasteiger partial charge on any atom is 0.410 e. The third-order valence-corrected chi connectivity index (χ3v) is 3.06.